The van der Waals surface area contributed by atoms with E-state index in [1.165, 1.54) is 4.70 Å². The van der Waals surface area contributed by atoms with E-state index in [-0.39, 0.29) is 22.3 Å². The number of carbonyl (C=O) groups excluding carboxylic acids is 1. The second-order valence-electron chi connectivity index (χ2n) is 3.18. The van der Waals surface area contributed by atoms with Gasteiger partial charge in [0.2, 0.25) is 5.52 Å². The van der Waals surface area contributed by atoms with Gasteiger partial charge < -0.3 is 21.7 Å². The number of fused-ring (bicyclic) bond motifs is 1. The van der Waals surface area contributed by atoms with Crippen LogP contribution in [0.25, 0.3) is 10.2 Å². The lowest BCUT2D eigenvalue weighted by atomic mass is 10.3. The van der Waals surface area contributed by atoms with Crippen molar-refractivity contribution in [2.24, 2.45) is 7.05 Å². The summed E-state index contributed by atoms with van der Waals surface area (Å²) in [5.41, 5.74) is 1.14. The molecule has 0 fully saturated rings. The van der Waals surface area contributed by atoms with Gasteiger partial charge in [0.05, 0.1) is 18.4 Å². The van der Waals surface area contributed by atoms with Gasteiger partial charge in [-0.05, 0) is 13.0 Å². The molecular formula is C11H12BrNO2S2. The largest absolute Gasteiger partial charge is 1.00 e. The third-order valence-electron chi connectivity index (χ3n) is 2.13. The Morgan fingerprint density at radius 1 is 1.47 bits per heavy atom. The summed E-state index contributed by atoms with van der Waals surface area (Å²) in [4.78, 5) is 11.4. The topological polar surface area (TPSA) is 30.2 Å². The monoisotopic (exact) mass is 333 g/mol. The SMILES string of the molecule is CCOC(=O)Sc1sc2ccccc2[n+]1C.[Br-]. The lowest BCUT2D eigenvalue weighted by Gasteiger charge is -1.95. The van der Waals surface area contributed by atoms with E-state index in [0.29, 0.717) is 6.61 Å². The van der Waals surface area contributed by atoms with E-state index in [0.717, 1.165) is 21.6 Å². The number of rotatable bonds is 2. The second-order valence-corrected chi connectivity index (χ2v) is 5.39. The van der Waals surface area contributed by atoms with Gasteiger partial charge in [-0.1, -0.05) is 23.5 Å². The second kappa shape index (κ2) is 6.37. The number of thioether (sulfide) groups is 1. The van der Waals surface area contributed by atoms with Gasteiger partial charge in [0.25, 0.3) is 0 Å². The number of hydrogen-bond acceptors (Lipinski definition) is 4. The normalized spacial score (nSPS) is 10.0. The van der Waals surface area contributed by atoms with Gasteiger partial charge >= 0.3 is 9.64 Å². The molecule has 0 aliphatic heterocycles. The fourth-order valence-electron chi connectivity index (χ4n) is 1.39. The first kappa shape index (κ1) is 14.5. The summed E-state index contributed by atoms with van der Waals surface area (Å²) in [5.74, 6) is 0. The Morgan fingerprint density at radius 2 is 2.18 bits per heavy atom. The zero-order valence-corrected chi connectivity index (χ0v) is 12.7. The molecule has 0 atom stereocenters. The minimum Gasteiger partial charge on any atom is -1.00 e. The first-order chi connectivity index (χ1) is 7.72. The van der Waals surface area contributed by atoms with Crippen LogP contribution in [0.3, 0.4) is 0 Å². The molecule has 0 bridgehead atoms. The van der Waals surface area contributed by atoms with Crippen LogP contribution in [0.1, 0.15) is 6.92 Å². The van der Waals surface area contributed by atoms with Crippen LogP contribution in [-0.2, 0) is 11.8 Å². The van der Waals surface area contributed by atoms with Gasteiger partial charge in [-0.15, -0.1) is 0 Å². The van der Waals surface area contributed by atoms with Gasteiger partial charge in [-0.25, -0.2) is 4.79 Å². The number of carbonyl (C=O) groups is 1. The Labute approximate surface area is 119 Å². The number of hydrogen-bond donors (Lipinski definition) is 0. The molecule has 1 aromatic carbocycles. The maximum absolute atomic E-state index is 11.4. The lowest BCUT2D eigenvalue weighted by Crippen LogP contribution is -3.00. The van der Waals surface area contributed by atoms with Crippen molar-refractivity contribution in [1.82, 2.24) is 0 Å². The predicted octanol–water partition coefficient (Wildman–Crippen LogP) is -0.0216. The van der Waals surface area contributed by atoms with E-state index in [9.17, 15) is 4.79 Å². The van der Waals surface area contributed by atoms with Crippen LogP contribution in [0.2, 0.25) is 0 Å². The molecule has 3 nitrogen and oxygen atoms in total. The number of benzene rings is 1. The van der Waals surface area contributed by atoms with E-state index >= 15 is 0 Å². The molecule has 1 aromatic heterocycles. The molecular weight excluding hydrogens is 322 g/mol. The predicted molar refractivity (Wildman–Crippen MR) is 65.9 cm³/mol. The molecule has 0 amide bonds. The molecule has 0 saturated carbocycles. The fraction of sp³-hybridized carbons (Fsp3) is 0.273. The van der Waals surface area contributed by atoms with Crippen LogP contribution in [0.15, 0.2) is 28.6 Å². The molecule has 0 N–H and O–H groups in total. The van der Waals surface area contributed by atoms with E-state index in [1.54, 1.807) is 11.3 Å². The Balaban J connectivity index is 0.00000144. The van der Waals surface area contributed by atoms with Crippen molar-refractivity contribution in [2.75, 3.05) is 6.61 Å². The van der Waals surface area contributed by atoms with E-state index < -0.39 is 0 Å². The van der Waals surface area contributed by atoms with Gasteiger partial charge in [-0.2, -0.15) is 4.57 Å². The van der Waals surface area contributed by atoms with Crippen LogP contribution in [0, 0.1) is 0 Å². The average Bonchev–Trinajstić information content (AvgIpc) is 2.57. The highest BCUT2D eigenvalue weighted by molar-refractivity contribution is 8.14. The highest BCUT2D eigenvalue weighted by Crippen LogP contribution is 2.28. The number of ether oxygens (including phenoxy) is 1. The van der Waals surface area contributed by atoms with Crippen molar-refractivity contribution < 1.29 is 31.1 Å². The molecule has 2 rings (SSSR count). The maximum atomic E-state index is 11.4. The van der Waals surface area contributed by atoms with Crippen LogP contribution in [-0.4, -0.2) is 11.9 Å². The van der Waals surface area contributed by atoms with E-state index in [2.05, 4.69) is 6.07 Å². The zero-order chi connectivity index (χ0) is 11.5. The third kappa shape index (κ3) is 3.20. The highest BCUT2D eigenvalue weighted by atomic mass is 79.9. The quantitative estimate of drug-likeness (QED) is 0.439. The van der Waals surface area contributed by atoms with Crippen molar-refractivity contribution in [3.63, 3.8) is 0 Å². The maximum Gasteiger partial charge on any atom is 0.378 e. The van der Waals surface area contributed by atoms with Crippen molar-refractivity contribution in [2.45, 2.75) is 11.3 Å². The summed E-state index contributed by atoms with van der Waals surface area (Å²) in [6.07, 6.45) is 0. The summed E-state index contributed by atoms with van der Waals surface area (Å²) in [5, 5.41) is -0.246. The minimum absolute atomic E-state index is 0. The number of nitrogens with zero attached hydrogens (tertiary/aromatic N) is 1. The van der Waals surface area contributed by atoms with Crippen LogP contribution >= 0.6 is 23.1 Å². The average molecular weight is 334 g/mol. The molecule has 0 unspecified atom stereocenters. The highest BCUT2D eigenvalue weighted by Gasteiger charge is 2.20. The van der Waals surface area contributed by atoms with Gasteiger partial charge in [0.15, 0.2) is 0 Å². The smallest absolute Gasteiger partial charge is 0.378 e. The summed E-state index contributed by atoms with van der Waals surface area (Å²) < 4.78 is 9.05. The summed E-state index contributed by atoms with van der Waals surface area (Å²) in [6, 6.07) is 8.09. The Morgan fingerprint density at radius 3 is 2.82 bits per heavy atom. The first-order valence-corrected chi connectivity index (χ1v) is 6.58. The molecule has 0 saturated heterocycles. The Kier molecular flexibility index (Phi) is 5.42. The number of para-hydroxylation sites is 1. The molecule has 0 radical (unpaired) electrons. The summed E-state index contributed by atoms with van der Waals surface area (Å²) in [7, 11) is 1.96. The zero-order valence-electron chi connectivity index (χ0n) is 9.47. The number of aromatic nitrogens is 1. The van der Waals surface area contributed by atoms with Crippen molar-refractivity contribution in [1.29, 1.82) is 0 Å². The lowest BCUT2D eigenvalue weighted by molar-refractivity contribution is -0.676. The third-order valence-corrected chi connectivity index (χ3v) is 4.38. The fourth-order valence-corrected chi connectivity index (χ4v) is 3.46. The number of aryl methyl sites for hydroxylation is 1. The molecule has 17 heavy (non-hydrogen) atoms. The molecule has 92 valence electrons. The van der Waals surface area contributed by atoms with Crippen LogP contribution < -0.4 is 21.5 Å². The molecule has 0 spiro atoms. The van der Waals surface area contributed by atoms with Crippen molar-refractivity contribution in [3.05, 3.63) is 24.3 Å². The van der Waals surface area contributed by atoms with E-state index in [1.807, 2.05) is 36.7 Å². The Bertz CT molecular complexity index is 527. The van der Waals surface area contributed by atoms with Crippen LogP contribution in [0.4, 0.5) is 4.79 Å². The van der Waals surface area contributed by atoms with Crippen molar-refractivity contribution in [3.8, 4) is 0 Å². The van der Waals surface area contributed by atoms with Gasteiger partial charge in [-0.3, -0.25) is 0 Å². The number of halogens is 1. The first-order valence-electron chi connectivity index (χ1n) is 4.94. The van der Waals surface area contributed by atoms with Gasteiger partial charge in [0, 0.05) is 6.07 Å². The van der Waals surface area contributed by atoms with Gasteiger partial charge in [0.1, 0.15) is 11.7 Å². The van der Waals surface area contributed by atoms with Crippen molar-refractivity contribution >= 4 is 38.6 Å². The molecule has 0 aliphatic carbocycles. The Hall–Kier alpha value is -0.590. The number of thiazole rings is 1. The molecule has 0 aliphatic rings. The standard InChI is InChI=1S/C11H12NO2S2.BrH/c1-3-14-11(13)16-10-12(2)8-6-4-5-7-9(8)15-10;/h4-7H,3H2,1-2H3;1H/q+1;/p-1. The minimum atomic E-state index is -0.246. The van der Waals surface area contributed by atoms with Crippen LogP contribution in [0.5, 0.6) is 0 Å². The van der Waals surface area contributed by atoms with E-state index in [4.69, 9.17) is 4.74 Å². The summed E-state index contributed by atoms with van der Waals surface area (Å²) >= 11 is 2.74. The molecule has 2 aromatic rings. The summed E-state index contributed by atoms with van der Waals surface area (Å²) in [6.45, 7) is 2.23. The molecule has 1 heterocycles. The molecule has 6 heteroatoms.